The molecular formula is C31H31NO9. The van der Waals surface area contributed by atoms with Gasteiger partial charge in [0, 0.05) is 24.2 Å². The number of methoxy groups -OCH3 is 1. The van der Waals surface area contributed by atoms with Crippen LogP contribution in [0.3, 0.4) is 0 Å². The van der Waals surface area contributed by atoms with Gasteiger partial charge in [0.05, 0.1) is 18.1 Å². The van der Waals surface area contributed by atoms with Crippen LogP contribution < -0.4 is 10.5 Å². The number of aromatic hydroxyl groups is 2. The van der Waals surface area contributed by atoms with Crippen molar-refractivity contribution in [1.29, 1.82) is 0 Å². The van der Waals surface area contributed by atoms with Crippen LogP contribution >= 0.6 is 0 Å². The third-order valence-electron chi connectivity index (χ3n) is 8.65. The molecule has 0 aliphatic heterocycles. The number of hydrogen-bond donors (Lipinski definition) is 6. The molecule has 0 saturated heterocycles. The van der Waals surface area contributed by atoms with Crippen molar-refractivity contribution in [3.8, 4) is 17.2 Å². The number of ether oxygens (including phenoxy) is 1. The Bertz CT molecular complexity index is 1570. The van der Waals surface area contributed by atoms with Crippen molar-refractivity contribution in [2.24, 2.45) is 23.0 Å². The van der Waals surface area contributed by atoms with Gasteiger partial charge < -0.3 is 36.0 Å². The molecule has 0 saturated carbocycles. The average molecular weight is 562 g/mol. The van der Waals surface area contributed by atoms with Gasteiger partial charge in [-0.3, -0.25) is 14.4 Å². The van der Waals surface area contributed by atoms with Gasteiger partial charge in [-0.25, -0.2) is 0 Å². The lowest BCUT2D eigenvalue weighted by Crippen LogP contribution is -2.52. The van der Waals surface area contributed by atoms with Crippen LogP contribution in [0.1, 0.15) is 46.3 Å². The number of aliphatic hydroxyl groups excluding tert-OH is 3. The normalized spacial score (nSPS) is 23.9. The number of benzene rings is 2. The minimum Gasteiger partial charge on any atom is -0.511 e. The second kappa shape index (κ2) is 10.4. The molecule has 0 spiro atoms. The maximum absolute atomic E-state index is 13.9. The minimum atomic E-state index is -1.80. The van der Waals surface area contributed by atoms with E-state index in [0.29, 0.717) is 28.9 Å². The number of aliphatic hydroxyl groups is 3. The first kappa shape index (κ1) is 28.0. The zero-order valence-electron chi connectivity index (χ0n) is 22.4. The molecule has 7 N–H and O–H groups in total. The van der Waals surface area contributed by atoms with Crippen LogP contribution in [0.2, 0.25) is 0 Å². The van der Waals surface area contributed by atoms with E-state index in [0.717, 1.165) is 0 Å². The van der Waals surface area contributed by atoms with Gasteiger partial charge in [0.2, 0.25) is 0 Å². The number of Topliss-reactive ketones (excluding diaryl/α,β-unsaturated/α-hetero) is 2. The number of carbonyl (C=O) groups excluding carboxylic acids is 3. The van der Waals surface area contributed by atoms with E-state index in [9.17, 15) is 39.9 Å². The molecule has 0 bridgehead atoms. The number of hydrogen-bond acceptors (Lipinski definition) is 9. The van der Waals surface area contributed by atoms with Crippen LogP contribution in [0, 0.1) is 17.3 Å². The standard InChI is InChI=1S/C31H31NO9/c1-41-22-7-3-6-16(26(22)36)5-2-4-15-8-9-20(34)24-19(15)13-17-12-18-14-21(35)25(30(32)40)29(39)31(18,10-11-33)28(38)23(17)27(24)37/h2-4,6-9,17-18,33-36,38H,5,10-14H2,1H3,(H2,32,40)/b4-2-/t17-,18+,31?/m1/s1. The van der Waals surface area contributed by atoms with Crippen LogP contribution in [0.5, 0.6) is 17.2 Å². The van der Waals surface area contributed by atoms with E-state index >= 15 is 0 Å². The number of carbonyl (C=O) groups is 3. The van der Waals surface area contributed by atoms with Gasteiger partial charge >= 0.3 is 0 Å². The van der Waals surface area contributed by atoms with Crippen LogP contribution in [-0.4, -0.2) is 56.7 Å². The Labute approximate surface area is 235 Å². The molecule has 0 aromatic heterocycles. The Morgan fingerprint density at radius 2 is 1.88 bits per heavy atom. The topological polar surface area (TPSA) is 188 Å². The van der Waals surface area contributed by atoms with Gasteiger partial charge in [0.15, 0.2) is 23.1 Å². The maximum Gasteiger partial charge on any atom is 0.255 e. The Morgan fingerprint density at radius 3 is 2.56 bits per heavy atom. The van der Waals surface area contributed by atoms with Crippen molar-refractivity contribution in [3.63, 3.8) is 0 Å². The van der Waals surface area contributed by atoms with Crippen LogP contribution in [0.15, 0.2) is 59.1 Å². The number of rotatable bonds is 7. The van der Waals surface area contributed by atoms with E-state index in [4.69, 9.17) is 10.5 Å². The highest BCUT2D eigenvalue weighted by molar-refractivity contribution is 6.23. The Hall–Kier alpha value is -4.57. The molecule has 0 heterocycles. The summed E-state index contributed by atoms with van der Waals surface area (Å²) in [6.45, 7) is -0.523. The Kier molecular flexibility index (Phi) is 7.12. The number of primary amides is 1. The van der Waals surface area contributed by atoms with Crippen LogP contribution in [0.4, 0.5) is 0 Å². The molecule has 2 aromatic carbocycles. The maximum atomic E-state index is 13.9. The van der Waals surface area contributed by atoms with Gasteiger partial charge in [-0.1, -0.05) is 30.4 Å². The first-order valence-electron chi connectivity index (χ1n) is 13.3. The average Bonchev–Trinajstić information content (AvgIpc) is 2.92. The van der Waals surface area contributed by atoms with E-state index in [2.05, 4.69) is 0 Å². The second-order valence-electron chi connectivity index (χ2n) is 10.7. The number of allylic oxidation sites excluding steroid dienone is 4. The van der Waals surface area contributed by atoms with Crippen LogP contribution in [-0.2, 0) is 22.4 Å². The Morgan fingerprint density at radius 1 is 1.12 bits per heavy atom. The molecule has 214 valence electrons. The summed E-state index contributed by atoms with van der Waals surface area (Å²) in [6, 6.07) is 8.23. The molecule has 2 aromatic rings. The van der Waals surface area contributed by atoms with Crippen molar-refractivity contribution in [1.82, 2.24) is 0 Å². The number of amides is 1. The molecule has 5 rings (SSSR count). The quantitative estimate of drug-likeness (QED) is 0.276. The van der Waals surface area contributed by atoms with Crippen molar-refractivity contribution < 1.29 is 44.7 Å². The summed E-state index contributed by atoms with van der Waals surface area (Å²) >= 11 is 0. The SMILES string of the molecule is COc1cccc(C/C=C\c2ccc(O)c3c2C[C@H]2C[C@H]4CC(O)=C(C(N)=O)C(=O)C4(CCO)C(O)=C2C3=O)c1O. The molecule has 0 radical (unpaired) electrons. The van der Waals surface area contributed by atoms with Crippen LogP contribution in [0.25, 0.3) is 6.08 Å². The number of phenols is 2. The summed E-state index contributed by atoms with van der Waals surface area (Å²) < 4.78 is 5.16. The van der Waals surface area contributed by atoms with E-state index in [1.807, 2.05) is 6.08 Å². The zero-order chi connectivity index (χ0) is 29.6. The van der Waals surface area contributed by atoms with Gasteiger partial charge in [-0.05, 0) is 60.8 Å². The van der Waals surface area contributed by atoms with Crippen molar-refractivity contribution >= 4 is 23.5 Å². The van der Waals surface area contributed by atoms with Gasteiger partial charge in [0.25, 0.3) is 5.91 Å². The summed E-state index contributed by atoms with van der Waals surface area (Å²) in [5.74, 6) is -4.88. The monoisotopic (exact) mass is 561 g/mol. The number of phenolic OH excluding ortho intramolecular Hbond substituents is 2. The lowest BCUT2D eigenvalue weighted by atomic mass is 9.53. The van der Waals surface area contributed by atoms with E-state index in [1.165, 1.54) is 13.2 Å². The highest BCUT2D eigenvalue weighted by Gasteiger charge is 2.59. The van der Waals surface area contributed by atoms with Crippen molar-refractivity contribution in [2.45, 2.75) is 32.1 Å². The Balaban J connectivity index is 1.57. The highest BCUT2D eigenvalue weighted by atomic mass is 16.5. The smallest absolute Gasteiger partial charge is 0.255 e. The summed E-state index contributed by atoms with van der Waals surface area (Å²) in [5.41, 5.74) is 4.76. The second-order valence-corrected chi connectivity index (χ2v) is 10.7. The first-order chi connectivity index (χ1) is 19.6. The predicted molar refractivity (Wildman–Crippen MR) is 147 cm³/mol. The lowest BCUT2D eigenvalue weighted by Gasteiger charge is -2.48. The van der Waals surface area contributed by atoms with E-state index in [-0.39, 0.29) is 48.3 Å². The number of nitrogens with two attached hydrogens (primary N) is 1. The molecule has 3 aliphatic carbocycles. The fourth-order valence-corrected chi connectivity index (χ4v) is 6.75. The van der Waals surface area contributed by atoms with Gasteiger partial charge in [-0.15, -0.1) is 0 Å². The third kappa shape index (κ3) is 4.26. The summed E-state index contributed by atoms with van der Waals surface area (Å²) in [7, 11) is 1.46. The molecular weight excluding hydrogens is 530 g/mol. The molecule has 10 nitrogen and oxygen atoms in total. The fraction of sp³-hybridized carbons (Fsp3) is 0.323. The summed E-state index contributed by atoms with van der Waals surface area (Å²) in [6.07, 6.45) is 4.04. The highest BCUT2D eigenvalue weighted by Crippen LogP contribution is 2.57. The molecule has 41 heavy (non-hydrogen) atoms. The molecule has 1 unspecified atom stereocenters. The lowest BCUT2D eigenvalue weighted by molar-refractivity contribution is -0.134. The molecule has 1 amide bonds. The molecule has 0 fully saturated rings. The minimum absolute atomic E-state index is 0.00329. The number of para-hydroxylation sites is 1. The third-order valence-corrected chi connectivity index (χ3v) is 8.65. The number of ketones is 2. The summed E-state index contributed by atoms with van der Waals surface area (Å²) in [4.78, 5) is 39.5. The molecule has 10 heteroatoms. The van der Waals surface area contributed by atoms with Gasteiger partial charge in [0.1, 0.15) is 22.8 Å². The van der Waals surface area contributed by atoms with Crippen molar-refractivity contribution in [2.75, 3.05) is 13.7 Å². The molecule has 3 atom stereocenters. The van der Waals surface area contributed by atoms with E-state index < -0.39 is 58.4 Å². The van der Waals surface area contributed by atoms with Crippen molar-refractivity contribution in [3.05, 3.63) is 81.3 Å². The van der Waals surface area contributed by atoms with Gasteiger partial charge in [-0.2, -0.15) is 0 Å². The predicted octanol–water partition coefficient (Wildman–Crippen LogP) is 3.19. The zero-order valence-corrected chi connectivity index (χ0v) is 22.4. The molecule has 3 aliphatic rings. The number of fused-ring (bicyclic) bond motifs is 3. The summed E-state index contributed by atoms with van der Waals surface area (Å²) in [5, 5.41) is 53.0. The first-order valence-corrected chi connectivity index (χ1v) is 13.3. The largest absolute Gasteiger partial charge is 0.511 e. The fourth-order valence-electron chi connectivity index (χ4n) is 6.75. The van der Waals surface area contributed by atoms with E-state index in [1.54, 1.807) is 30.3 Å².